The van der Waals surface area contributed by atoms with Gasteiger partial charge in [-0.2, -0.15) is 0 Å². The summed E-state index contributed by atoms with van der Waals surface area (Å²) in [6.07, 6.45) is 0. The number of fused-ring (bicyclic) bond motifs is 1. The smallest absolute Gasteiger partial charge is 0.338 e. The number of ketones is 1. The molecule has 116 valence electrons. The van der Waals surface area contributed by atoms with Crippen LogP contribution in [0.4, 0.5) is 0 Å². The summed E-state index contributed by atoms with van der Waals surface area (Å²) < 4.78 is 6.80. The van der Waals surface area contributed by atoms with Gasteiger partial charge < -0.3 is 4.74 Å². The number of carbonyl (C=O) groups excluding carboxylic acids is 2. The van der Waals surface area contributed by atoms with Gasteiger partial charge in [-0.1, -0.05) is 18.2 Å². The van der Waals surface area contributed by atoms with E-state index in [1.165, 1.54) is 6.92 Å². The van der Waals surface area contributed by atoms with Crippen LogP contribution in [0.5, 0.6) is 0 Å². The molecular formula is C18H16N2O3. The zero-order chi connectivity index (χ0) is 16.4. The fourth-order valence-electron chi connectivity index (χ4n) is 2.51. The van der Waals surface area contributed by atoms with Gasteiger partial charge in [-0.05, 0) is 37.3 Å². The molecule has 23 heavy (non-hydrogen) atoms. The Labute approximate surface area is 133 Å². The Morgan fingerprint density at radius 3 is 2.65 bits per heavy atom. The fraction of sp³-hybridized carbons (Fsp3) is 0.167. The summed E-state index contributed by atoms with van der Waals surface area (Å²) in [5.41, 5.74) is 2.70. The van der Waals surface area contributed by atoms with Crippen molar-refractivity contribution in [2.24, 2.45) is 0 Å². The summed E-state index contributed by atoms with van der Waals surface area (Å²) >= 11 is 0. The predicted octanol–water partition coefficient (Wildman–Crippen LogP) is 3.40. The Morgan fingerprint density at radius 2 is 1.91 bits per heavy atom. The number of hydrogen-bond donors (Lipinski definition) is 0. The molecule has 2 aromatic carbocycles. The van der Waals surface area contributed by atoms with E-state index in [0.717, 1.165) is 11.0 Å². The van der Waals surface area contributed by atoms with Crippen molar-refractivity contribution in [3.05, 3.63) is 59.9 Å². The summed E-state index contributed by atoms with van der Waals surface area (Å²) in [5.74, 6) is -0.182. The van der Waals surface area contributed by atoms with Crippen molar-refractivity contribution in [3.63, 3.8) is 0 Å². The summed E-state index contributed by atoms with van der Waals surface area (Å²) in [4.78, 5) is 28.3. The van der Waals surface area contributed by atoms with E-state index in [2.05, 4.69) is 4.98 Å². The second-order valence-electron chi connectivity index (χ2n) is 5.09. The van der Waals surface area contributed by atoms with Crippen LogP contribution in [0.25, 0.3) is 16.7 Å². The SMILES string of the molecule is CCOC(=O)c1cccc(-n2c(C(C)=O)nc3ccccc32)c1. The lowest BCUT2D eigenvalue weighted by atomic mass is 10.2. The molecule has 5 nitrogen and oxygen atoms in total. The molecule has 0 saturated heterocycles. The van der Waals surface area contributed by atoms with Gasteiger partial charge in [-0.25, -0.2) is 9.78 Å². The largest absolute Gasteiger partial charge is 0.462 e. The maximum atomic E-state index is 12.0. The molecule has 1 heterocycles. The number of hydrogen-bond acceptors (Lipinski definition) is 4. The van der Waals surface area contributed by atoms with Gasteiger partial charge in [0.05, 0.1) is 23.2 Å². The van der Waals surface area contributed by atoms with Gasteiger partial charge >= 0.3 is 5.97 Å². The highest BCUT2D eigenvalue weighted by atomic mass is 16.5. The minimum absolute atomic E-state index is 0.136. The predicted molar refractivity (Wildman–Crippen MR) is 87.0 cm³/mol. The summed E-state index contributed by atoms with van der Waals surface area (Å²) in [7, 11) is 0. The molecule has 5 heteroatoms. The number of nitrogens with zero attached hydrogens (tertiary/aromatic N) is 2. The quantitative estimate of drug-likeness (QED) is 0.547. The molecule has 0 atom stereocenters. The Hall–Kier alpha value is -2.95. The van der Waals surface area contributed by atoms with E-state index in [4.69, 9.17) is 4.74 Å². The molecule has 0 saturated carbocycles. The number of imidazole rings is 1. The van der Waals surface area contributed by atoms with E-state index in [1.54, 1.807) is 29.7 Å². The average Bonchev–Trinajstić information content (AvgIpc) is 2.95. The molecule has 0 spiro atoms. The van der Waals surface area contributed by atoms with Crippen LogP contribution >= 0.6 is 0 Å². The standard InChI is InChI=1S/C18H16N2O3/c1-3-23-18(22)13-7-6-8-14(11-13)20-16-10-5-4-9-15(16)19-17(20)12(2)21/h4-11H,3H2,1-2H3. The van der Waals surface area contributed by atoms with Gasteiger partial charge in [-0.3, -0.25) is 9.36 Å². The van der Waals surface area contributed by atoms with Crippen LogP contribution in [0.15, 0.2) is 48.5 Å². The highest BCUT2D eigenvalue weighted by molar-refractivity contribution is 5.96. The molecule has 0 radical (unpaired) electrons. The monoisotopic (exact) mass is 308 g/mol. The number of Topliss-reactive ketones (excluding diaryl/α,β-unsaturated/α-hetero) is 1. The topological polar surface area (TPSA) is 61.2 Å². The second-order valence-corrected chi connectivity index (χ2v) is 5.09. The van der Waals surface area contributed by atoms with E-state index < -0.39 is 0 Å². The van der Waals surface area contributed by atoms with Gasteiger partial charge in [0.2, 0.25) is 0 Å². The van der Waals surface area contributed by atoms with Crippen LogP contribution in [-0.2, 0) is 4.74 Å². The van der Waals surface area contributed by atoms with E-state index in [9.17, 15) is 9.59 Å². The zero-order valence-corrected chi connectivity index (χ0v) is 12.9. The van der Waals surface area contributed by atoms with E-state index in [0.29, 0.717) is 23.7 Å². The van der Waals surface area contributed by atoms with Crippen LogP contribution in [0.1, 0.15) is 34.8 Å². The van der Waals surface area contributed by atoms with Gasteiger partial charge in [0.25, 0.3) is 0 Å². The first kappa shape index (κ1) is 15.0. The molecule has 3 aromatic rings. The number of carbonyl (C=O) groups is 2. The summed E-state index contributed by atoms with van der Waals surface area (Å²) in [6, 6.07) is 14.5. The highest BCUT2D eigenvalue weighted by Gasteiger charge is 2.16. The van der Waals surface area contributed by atoms with Crippen molar-refractivity contribution in [1.82, 2.24) is 9.55 Å². The third kappa shape index (κ3) is 2.73. The molecule has 3 rings (SSSR count). The van der Waals surface area contributed by atoms with Crippen LogP contribution in [0.2, 0.25) is 0 Å². The van der Waals surface area contributed by atoms with Gasteiger partial charge in [-0.15, -0.1) is 0 Å². The molecule has 0 bridgehead atoms. The van der Waals surface area contributed by atoms with Crippen LogP contribution in [-0.4, -0.2) is 27.9 Å². The van der Waals surface area contributed by atoms with Gasteiger partial charge in [0.15, 0.2) is 11.6 Å². The maximum absolute atomic E-state index is 12.0. The number of aromatic nitrogens is 2. The molecule has 0 amide bonds. The first-order chi connectivity index (χ1) is 11.1. The van der Waals surface area contributed by atoms with Crippen molar-refractivity contribution in [2.75, 3.05) is 6.61 Å². The van der Waals surface area contributed by atoms with Crippen LogP contribution < -0.4 is 0 Å². The molecule has 0 aliphatic carbocycles. The average molecular weight is 308 g/mol. The zero-order valence-electron chi connectivity index (χ0n) is 12.9. The molecule has 0 unspecified atom stereocenters. The van der Waals surface area contributed by atoms with Crippen LogP contribution in [0.3, 0.4) is 0 Å². The third-order valence-electron chi connectivity index (χ3n) is 3.49. The first-order valence-electron chi connectivity index (χ1n) is 7.37. The molecule has 0 aliphatic rings. The highest BCUT2D eigenvalue weighted by Crippen LogP contribution is 2.22. The number of para-hydroxylation sites is 2. The van der Waals surface area contributed by atoms with Crippen molar-refractivity contribution in [3.8, 4) is 5.69 Å². The Kier molecular flexibility index (Phi) is 3.93. The van der Waals surface area contributed by atoms with Crippen LogP contribution in [0, 0.1) is 0 Å². The van der Waals surface area contributed by atoms with Gasteiger partial charge in [0.1, 0.15) is 0 Å². The molecule has 1 aromatic heterocycles. The molecule has 0 fully saturated rings. The van der Waals surface area contributed by atoms with Crippen molar-refractivity contribution < 1.29 is 14.3 Å². The van der Waals surface area contributed by atoms with Crippen molar-refractivity contribution in [2.45, 2.75) is 13.8 Å². The molecule has 0 N–H and O–H groups in total. The second kappa shape index (κ2) is 6.04. The number of rotatable bonds is 4. The van der Waals surface area contributed by atoms with Gasteiger partial charge in [0, 0.05) is 12.6 Å². The maximum Gasteiger partial charge on any atom is 0.338 e. The number of esters is 1. The Balaban J connectivity index is 2.20. The summed E-state index contributed by atoms with van der Waals surface area (Å²) in [5, 5.41) is 0. The number of benzene rings is 2. The lowest BCUT2D eigenvalue weighted by Crippen LogP contribution is -2.08. The summed E-state index contributed by atoms with van der Waals surface area (Å²) in [6.45, 7) is 3.56. The first-order valence-corrected chi connectivity index (χ1v) is 7.37. The van der Waals surface area contributed by atoms with Crippen molar-refractivity contribution in [1.29, 1.82) is 0 Å². The Morgan fingerprint density at radius 1 is 1.13 bits per heavy atom. The van der Waals surface area contributed by atoms with Crippen molar-refractivity contribution >= 4 is 22.8 Å². The number of ether oxygens (including phenoxy) is 1. The lowest BCUT2D eigenvalue weighted by Gasteiger charge is -2.09. The minimum Gasteiger partial charge on any atom is -0.462 e. The van der Waals surface area contributed by atoms with E-state index >= 15 is 0 Å². The molecule has 0 aliphatic heterocycles. The minimum atomic E-state index is -0.386. The Bertz CT molecular complexity index is 896. The van der Waals surface area contributed by atoms with E-state index in [1.807, 2.05) is 30.3 Å². The normalized spacial score (nSPS) is 10.7. The lowest BCUT2D eigenvalue weighted by molar-refractivity contribution is 0.0526. The molecular weight excluding hydrogens is 292 g/mol. The van der Waals surface area contributed by atoms with E-state index in [-0.39, 0.29) is 11.8 Å². The fourth-order valence-corrected chi connectivity index (χ4v) is 2.51. The third-order valence-corrected chi connectivity index (χ3v) is 3.49.